The highest BCUT2D eigenvalue weighted by atomic mass is 35.5. The highest BCUT2D eigenvalue weighted by Crippen LogP contribution is 2.58. The van der Waals surface area contributed by atoms with E-state index in [1.165, 1.54) is 0 Å². The Hall–Kier alpha value is -0.550. The maximum absolute atomic E-state index is 12.1. The summed E-state index contributed by atoms with van der Waals surface area (Å²) in [6.07, 6.45) is 0. The first-order valence-corrected chi connectivity index (χ1v) is 7.00. The van der Waals surface area contributed by atoms with Crippen LogP contribution in [0.3, 0.4) is 0 Å². The summed E-state index contributed by atoms with van der Waals surface area (Å²) in [5.74, 6) is -2.03. The van der Waals surface area contributed by atoms with Crippen molar-refractivity contribution in [1.82, 2.24) is 0 Å². The number of aliphatic hydroxyl groups is 1. The van der Waals surface area contributed by atoms with Crippen molar-refractivity contribution in [2.24, 2.45) is 0 Å². The quantitative estimate of drug-likeness (QED) is 0.335. The van der Waals surface area contributed by atoms with Crippen molar-refractivity contribution < 1.29 is 28.3 Å². The molecule has 0 saturated carbocycles. The van der Waals surface area contributed by atoms with Gasteiger partial charge in [-0.1, -0.05) is 11.6 Å². The lowest BCUT2D eigenvalue weighted by Gasteiger charge is -2.16. The predicted octanol–water partition coefficient (Wildman–Crippen LogP) is 2.78. The maximum atomic E-state index is 12.1. The Bertz CT molecular complexity index is 330. The average Bonchev–Trinajstić information content (AvgIpc) is 2.28. The average molecular weight is 287 g/mol. The monoisotopic (exact) mass is 286 g/mol. The minimum absolute atomic E-state index is 0.0562. The number of hydrogen-bond donors (Lipinski definition) is 1. The molecule has 0 aliphatic carbocycles. The molecule has 0 heterocycles. The lowest BCUT2D eigenvalue weighted by atomic mass is 10.6. The second-order valence-corrected chi connectivity index (χ2v) is 5.29. The van der Waals surface area contributed by atoms with Crippen LogP contribution in [0.5, 0.6) is 0 Å². The van der Waals surface area contributed by atoms with Gasteiger partial charge in [-0.25, -0.2) is 4.79 Å². The zero-order valence-corrected chi connectivity index (χ0v) is 11.6. The van der Waals surface area contributed by atoms with Crippen LogP contribution >= 0.6 is 19.2 Å². The van der Waals surface area contributed by atoms with Crippen LogP contribution in [0.15, 0.2) is 10.5 Å². The van der Waals surface area contributed by atoms with Gasteiger partial charge in [-0.05, 0) is 20.8 Å². The fourth-order valence-corrected chi connectivity index (χ4v) is 2.61. The van der Waals surface area contributed by atoms with E-state index in [-0.39, 0.29) is 19.8 Å². The molecule has 0 atom stereocenters. The normalized spacial score (nSPS) is 13.2. The molecule has 0 aliphatic rings. The number of aliphatic hydroxyl groups excluding tert-OH is 1. The maximum Gasteiger partial charge on any atom is 0.376 e. The molecule has 0 aromatic carbocycles. The smallest absolute Gasteiger partial charge is 0.376 e. The fraction of sp³-hybridized carbons (Fsp3) is 0.667. The van der Waals surface area contributed by atoms with Gasteiger partial charge in [0.2, 0.25) is 5.76 Å². The summed E-state index contributed by atoms with van der Waals surface area (Å²) >= 11 is 5.64. The molecular formula is C9H16ClO6P. The zero-order chi connectivity index (χ0) is 13.5. The van der Waals surface area contributed by atoms with Crippen molar-refractivity contribution in [1.29, 1.82) is 0 Å². The standard InChI is InChI=1S/C9H16ClO6P/c1-4-14-9(12)7(11)8(10)17(13,15-5-2)16-6-3/h11H,4-6H2,1-3H3/b8-7-. The molecule has 8 heteroatoms. The van der Waals surface area contributed by atoms with Crippen LogP contribution in [-0.2, 0) is 23.1 Å². The van der Waals surface area contributed by atoms with E-state index in [2.05, 4.69) is 4.74 Å². The first-order chi connectivity index (χ1) is 7.92. The van der Waals surface area contributed by atoms with Crippen LogP contribution in [0.2, 0.25) is 0 Å². The second-order valence-electron chi connectivity index (χ2n) is 2.69. The van der Waals surface area contributed by atoms with Crippen molar-refractivity contribution >= 4 is 25.2 Å². The molecule has 0 aliphatic heterocycles. The molecule has 0 aromatic heterocycles. The third-order valence-electron chi connectivity index (χ3n) is 1.50. The fourth-order valence-electron chi connectivity index (χ4n) is 0.904. The van der Waals surface area contributed by atoms with E-state index < -0.39 is 24.1 Å². The minimum atomic E-state index is -3.85. The lowest BCUT2D eigenvalue weighted by Crippen LogP contribution is -2.10. The van der Waals surface area contributed by atoms with E-state index in [1.807, 2.05) is 0 Å². The first kappa shape index (κ1) is 16.4. The van der Waals surface area contributed by atoms with Crippen LogP contribution in [0.25, 0.3) is 0 Å². The van der Waals surface area contributed by atoms with Gasteiger partial charge in [0.05, 0.1) is 19.8 Å². The van der Waals surface area contributed by atoms with Crippen LogP contribution < -0.4 is 0 Å². The molecule has 0 saturated heterocycles. The van der Waals surface area contributed by atoms with Gasteiger partial charge in [0.25, 0.3) is 0 Å². The molecule has 0 bridgehead atoms. The number of carbonyl (C=O) groups excluding carboxylic acids is 1. The Morgan fingerprint density at radius 3 is 2.00 bits per heavy atom. The van der Waals surface area contributed by atoms with Crippen molar-refractivity contribution in [3.05, 3.63) is 10.5 Å². The van der Waals surface area contributed by atoms with Crippen molar-refractivity contribution in [2.45, 2.75) is 20.8 Å². The third kappa shape index (κ3) is 4.68. The molecule has 17 heavy (non-hydrogen) atoms. The summed E-state index contributed by atoms with van der Waals surface area (Å²) in [6.45, 7) is 4.89. The van der Waals surface area contributed by atoms with E-state index in [1.54, 1.807) is 20.8 Å². The Morgan fingerprint density at radius 2 is 1.65 bits per heavy atom. The largest absolute Gasteiger partial charge is 0.501 e. The molecule has 1 N–H and O–H groups in total. The molecule has 6 nitrogen and oxygen atoms in total. The van der Waals surface area contributed by atoms with E-state index in [9.17, 15) is 14.5 Å². The van der Waals surface area contributed by atoms with Crippen molar-refractivity contribution in [3.63, 3.8) is 0 Å². The van der Waals surface area contributed by atoms with Crippen molar-refractivity contribution in [3.8, 4) is 0 Å². The summed E-state index contributed by atoms with van der Waals surface area (Å²) in [4.78, 5) is 11.2. The number of carbonyl (C=O) groups is 1. The Morgan fingerprint density at radius 1 is 1.18 bits per heavy atom. The number of esters is 1. The summed E-state index contributed by atoms with van der Waals surface area (Å²) in [7, 11) is -3.85. The number of hydrogen-bond acceptors (Lipinski definition) is 6. The van der Waals surface area contributed by atoms with Gasteiger partial charge in [-0.15, -0.1) is 0 Å². The highest BCUT2D eigenvalue weighted by molar-refractivity contribution is 7.61. The van der Waals surface area contributed by atoms with Crippen LogP contribution in [0, 0.1) is 0 Å². The molecule has 0 fully saturated rings. The SMILES string of the molecule is CCOC(=O)/C(O)=C(\Cl)P(=O)(OCC)OCC. The van der Waals surface area contributed by atoms with Crippen LogP contribution in [0.4, 0.5) is 0 Å². The van der Waals surface area contributed by atoms with E-state index in [4.69, 9.17) is 20.6 Å². The van der Waals surface area contributed by atoms with Gasteiger partial charge >= 0.3 is 13.6 Å². The van der Waals surface area contributed by atoms with Gasteiger partial charge in [0.1, 0.15) is 0 Å². The summed E-state index contributed by atoms with van der Waals surface area (Å²) in [6, 6.07) is 0. The Balaban J connectivity index is 5.17. The van der Waals surface area contributed by atoms with Gasteiger partial charge < -0.3 is 18.9 Å². The number of ether oxygens (including phenoxy) is 1. The molecule has 100 valence electrons. The molecular weight excluding hydrogens is 271 g/mol. The van der Waals surface area contributed by atoms with Crippen LogP contribution in [-0.4, -0.2) is 30.9 Å². The van der Waals surface area contributed by atoms with Crippen LogP contribution in [0.1, 0.15) is 20.8 Å². The minimum Gasteiger partial charge on any atom is -0.501 e. The highest BCUT2D eigenvalue weighted by Gasteiger charge is 2.34. The van der Waals surface area contributed by atoms with Gasteiger partial charge in [0, 0.05) is 0 Å². The molecule has 0 aromatic rings. The second kappa shape index (κ2) is 7.71. The summed E-state index contributed by atoms with van der Waals surface area (Å²) in [5.41, 5.74) is 0. The van der Waals surface area contributed by atoms with Gasteiger partial charge in [-0.2, -0.15) is 0 Å². The van der Waals surface area contributed by atoms with Gasteiger partial charge in [0.15, 0.2) is 4.77 Å². The van der Waals surface area contributed by atoms with Crippen molar-refractivity contribution in [2.75, 3.05) is 19.8 Å². The molecule has 0 spiro atoms. The molecule has 0 rings (SSSR count). The Kier molecular flexibility index (Phi) is 7.46. The molecule has 0 radical (unpaired) electrons. The number of halogens is 1. The topological polar surface area (TPSA) is 82.1 Å². The number of rotatable bonds is 7. The summed E-state index contributed by atoms with van der Waals surface area (Å²) in [5, 5.41) is 9.45. The van der Waals surface area contributed by atoms with E-state index in [0.29, 0.717) is 0 Å². The predicted molar refractivity (Wildman–Crippen MR) is 63.0 cm³/mol. The Labute approximate surface area is 105 Å². The zero-order valence-electron chi connectivity index (χ0n) is 9.93. The molecule has 0 amide bonds. The molecule has 0 unspecified atom stereocenters. The third-order valence-corrected chi connectivity index (χ3v) is 4.19. The van der Waals surface area contributed by atoms with E-state index >= 15 is 0 Å². The first-order valence-electron chi connectivity index (χ1n) is 5.08. The van der Waals surface area contributed by atoms with Gasteiger partial charge in [-0.3, -0.25) is 4.57 Å². The lowest BCUT2D eigenvalue weighted by molar-refractivity contribution is -0.141. The summed E-state index contributed by atoms with van der Waals surface area (Å²) < 4.78 is 25.6. The van der Waals surface area contributed by atoms with E-state index in [0.717, 1.165) is 0 Å².